The number of carbonyl (C=O) groups excluding carboxylic acids is 2. The van der Waals surface area contributed by atoms with Crippen molar-refractivity contribution >= 4 is 51.7 Å². The van der Waals surface area contributed by atoms with Crippen molar-refractivity contribution in [1.82, 2.24) is 0 Å². The van der Waals surface area contributed by atoms with Crippen LogP contribution in [0.15, 0.2) is 65.7 Å². The highest BCUT2D eigenvalue weighted by Gasteiger charge is 2.42. The van der Waals surface area contributed by atoms with E-state index in [1.807, 2.05) is 44.4 Å². The fourth-order valence-corrected chi connectivity index (χ4v) is 4.41. The van der Waals surface area contributed by atoms with Crippen molar-refractivity contribution in [3.05, 3.63) is 81.1 Å². The molecule has 5 nitrogen and oxygen atoms in total. The van der Waals surface area contributed by atoms with Crippen LogP contribution in [0.1, 0.15) is 24.3 Å². The maximum absolute atomic E-state index is 13.6. The minimum atomic E-state index is -0.428. The number of carbonyl (C=O) groups is 2. The lowest BCUT2D eigenvalue weighted by Crippen LogP contribution is -2.33. The first-order valence-electron chi connectivity index (χ1n) is 9.82. The molecule has 2 amide bonds. The summed E-state index contributed by atoms with van der Waals surface area (Å²) in [7, 11) is 0. The number of anilines is 2. The lowest BCUT2D eigenvalue weighted by atomic mass is 10.1. The van der Waals surface area contributed by atoms with Gasteiger partial charge in [0.1, 0.15) is 11.4 Å². The summed E-state index contributed by atoms with van der Waals surface area (Å²) in [6, 6.07) is 16.1. The zero-order valence-electron chi connectivity index (χ0n) is 17.3. The summed E-state index contributed by atoms with van der Waals surface area (Å²) in [4.78, 5) is 29.0. The van der Waals surface area contributed by atoms with Gasteiger partial charge in [-0.3, -0.25) is 9.59 Å². The number of rotatable bonds is 6. The molecule has 2 aromatic carbocycles. The van der Waals surface area contributed by atoms with E-state index >= 15 is 0 Å². The fraction of sp³-hybridized carbons (Fsp3) is 0.167. The van der Waals surface area contributed by atoms with Crippen LogP contribution in [0, 0.1) is 6.92 Å². The number of benzene rings is 2. The maximum atomic E-state index is 13.6. The van der Waals surface area contributed by atoms with Gasteiger partial charge in [0.2, 0.25) is 0 Å². The third-order valence-electron chi connectivity index (χ3n) is 4.77. The highest BCUT2D eigenvalue weighted by Crippen LogP contribution is 2.39. The van der Waals surface area contributed by atoms with Gasteiger partial charge < -0.3 is 10.1 Å². The number of hydrogen-bond donors (Lipinski definition) is 1. The van der Waals surface area contributed by atoms with Crippen molar-refractivity contribution in [1.29, 1.82) is 0 Å². The SMILES string of the molecule is Cc1cc(Cl)ccc1NC1=C(c2cccs2)C(=O)N(c2ccccc2OC(C)C)C1=O. The topological polar surface area (TPSA) is 58.6 Å². The van der Waals surface area contributed by atoms with Gasteiger partial charge in [0, 0.05) is 15.6 Å². The van der Waals surface area contributed by atoms with E-state index < -0.39 is 5.91 Å². The van der Waals surface area contributed by atoms with E-state index in [1.165, 1.54) is 16.2 Å². The molecule has 2 heterocycles. The summed E-state index contributed by atoms with van der Waals surface area (Å²) < 4.78 is 5.87. The number of imide groups is 1. The molecular formula is C24H21ClN2O3S. The van der Waals surface area contributed by atoms with Crippen molar-refractivity contribution in [3.8, 4) is 5.75 Å². The molecule has 0 bridgehead atoms. The molecule has 1 N–H and O–H groups in total. The zero-order valence-corrected chi connectivity index (χ0v) is 18.9. The van der Waals surface area contributed by atoms with Crippen molar-refractivity contribution in [2.24, 2.45) is 0 Å². The Morgan fingerprint density at radius 2 is 1.81 bits per heavy atom. The predicted molar refractivity (Wildman–Crippen MR) is 126 cm³/mol. The number of amides is 2. The minimum absolute atomic E-state index is 0.104. The molecule has 0 saturated carbocycles. The second kappa shape index (κ2) is 8.57. The summed E-state index contributed by atoms with van der Waals surface area (Å²) in [6.45, 7) is 5.69. The number of halogens is 1. The lowest BCUT2D eigenvalue weighted by molar-refractivity contribution is -0.120. The number of para-hydroxylation sites is 2. The number of ether oxygens (including phenoxy) is 1. The number of hydrogen-bond acceptors (Lipinski definition) is 5. The van der Waals surface area contributed by atoms with Gasteiger partial charge >= 0.3 is 0 Å². The van der Waals surface area contributed by atoms with E-state index in [1.54, 1.807) is 36.4 Å². The average Bonchev–Trinajstić information content (AvgIpc) is 3.31. The van der Waals surface area contributed by atoms with Gasteiger partial charge in [-0.1, -0.05) is 29.8 Å². The Morgan fingerprint density at radius 1 is 1.03 bits per heavy atom. The Kier molecular flexibility index (Phi) is 5.85. The first kappa shape index (κ1) is 21.2. The second-order valence-electron chi connectivity index (χ2n) is 7.39. The van der Waals surface area contributed by atoms with Crippen LogP contribution in [0.3, 0.4) is 0 Å². The molecule has 0 radical (unpaired) electrons. The number of nitrogens with zero attached hydrogens (tertiary/aromatic N) is 1. The van der Waals surface area contributed by atoms with Gasteiger partial charge in [-0.2, -0.15) is 0 Å². The van der Waals surface area contributed by atoms with Crippen molar-refractivity contribution < 1.29 is 14.3 Å². The molecule has 1 aromatic heterocycles. The Labute approximate surface area is 189 Å². The molecule has 0 atom stereocenters. The largest absolute Gasteiger partial charge is 0.489 e. The summed E-state index contributed by atoms with van der Waals surface area (Å²) in [5.41, 5.74) is 2.58. The molecule has 0 fully saturated rings. The van der Waals surface area contributed by atoms with Crippen LogP contribution in [0.2, 0.25) is 5.02 Å². The van der Waals surface area contributed by atoms with Gasteiger partial charge in [0.05, 0.1) is 17.4 Å². The van der Waals surface area contributed by atoms with Gasteiger partial charge in [0.25, 0.3) is 11.8 Å². The van der Waals surface area contributed by atoms with Crippen LogP contribution >= 0.6 is 22.9 Å². The van der Waals surface area contributed by atoms with Crippen LogP contribution < -0.4 is 15.0 Å². The molecule has 1 aliphatic heterocycles. The number of thiophene rings is 1. The number of aryl methyl sites for hydroxylation is 1. The molecule has 0 aliphatic carbocycles. The smallest absolute Gasteiger partial charge is 0.282 e. The summed E-state index contributed by atoms with van der Waals surface area (Å²) in [6.07, 6.45) is -0.104. The molecule has 3 aromatic rings. The van der Waals surface area contributed by atoms with Gasteiger partial charge in [0.15, 0.2) is 0 Å². The monoisotopic (exact) mass is 452 g/mol. The summed E-state index contributed by atoms with van der Waals surface area (Å²) >= 11 is 7.49. The minimum Gasteiger partial charge on any atom is -0.489 e. The molecule has 158 valence electrons. The van der Waals surface area contributed by atoms with Gasteiger partial charge in [-0.25, -0.2) is 4.90 Å². The predicted octanol–water partition coefficient (Wildman–Crippen LogP) is 5.89. The van der Waals surface area contributed by atoms with Gasteiger partial charge in [-0.15, -0.1) is 11.3 Å². The number of nitrogens with one attached hydrogen (secondary N) is 1. The quantitative estimate of drug-likeness (QED) is 0.473. The molecular weight excluding hydrogens is 432 g/mol. The molecule has 0 unspecified atom stereocenters. The zero-order chi connectivity index (χ0) is 22.1. The molecule has 0 saturated heterocycles. The van der Waals surface area contributed by atoms with Crippen molar-refractivity contribution in [2.45, 2.75) is 26.9 Å². The second-order valence-corrected chi connectivity index (χ2v) is 8.78. The Bertz CT molecular complexity index is 1190. The van der Waals surface area contributed by atoms with Crippen LogP contribution in [0.4, 0.5) is 11.4 Å². The van der Waals surface area contributed by atoms with E-state index in [0.717, 1.165) is 10.4 Å². The van der Waals surface area contributed by atoms with E-state index in [0.29, 0.717) is 27.7 Å². The van der Waals surface area contributed by atoms with Crippen molar-refractivity contribution in [3.63, 3.8) is 0 Å². The van der Waals surface area contributed by atoms with Crippen LogP contribution in [0.5, 0.6) is 5.75 Å². The average molecular weight is 453 g/mol. The highest BCUT2D eigenvalue weighted by atomic mass is 35.5. The first-order chi connectivity index (χ1) is 14.9. The van der Waals surface area contributed by atoms with Crippen molar-refractivity contribution in [2.75, 3.05) is 10.2 Å². The van der Waals surface area contributed by atoms with Gasteiger partial charge in [-0.05, 0) is 68.1 Å². The Balaban J connectivity index is 1.81. The summed E-state index contributed by atoms with van der Waals surface area (Å²) in [5, 5.41) is 5.67. The lowest BCUT2D eigenvalue weighted by Gasteiger charge is -2.20. The van der Waals surface area contributed by atoms with Crippen LogP contribution in [-0.2, 0) is 9.59 Å². The molecule has 1 aliphatic rings. The Hall–Kier alpha value is -3.09. The molecule has 31 heavy (non-hydrogen) atoms. The highest BCUT2D eigenvalue weighted by molar-refractivity contribution is 7.11. The maximum Gasteiger partial charge on any atom is 0.282 e. The standard InChI is InChI=1S/C24H21ClN2O3S/c1-14(2)30-19-8-5-4-7-18(19)27-23(28)21(20-9-6-12-31-20)22(24(27)29)26-17-11-10-16(25)13-15(17)3/h4-14,26H,1-3H3. The normalized spacial score (nSPS) is 14.0. The molecule has 7 heteroatoms. The van der Waals surface area contributed by atoms with E-state index in [4.69, 9.17) is 16.3 Å². The third kappa shape index (κ3) is 4.09. The van der Waals surface area contributed by atoms with E-state index in [2.05, 4.69) is 5.32 Å². The van der Waals surface area contributed by atoms with Crippen LogP contribution in [0.25, 0.3) is 5.57 Å². The molecule has 0 spiro atoms. The van der Waals surface area contributed by atoms with E-state index in [9.17, 15) is 9.59 Å². The molecule has 4 rings (SSSR count). The summed E-state index contributed by atoms with van der Waals surface area (Å²) in [5.74, 6) is -0.336. The third-order valence-corrected chi connectivity index (χ3v) is 5.89. The van der Waals surface area contributed by atoms with E-state index in [-0.39, 0.29) is 17.7 Å². The fourth-order valence-electron chi connectivity index (χ4n) is 3.41. The van der Waals surface area contributed by atoms with Crippen LogP contribution in [-0.4, -0.2) is 17.9 Å². The Morgan fingerprint density at radius 3 is 2.48 bits per heavy atom. The first-order valence-corrected chi connectivity index (χ1v) is 11.1.